The summed E-state index contributed by atoms with van der Waals surface area (Å²) in [5.74, 6) is -1.23. The van der Waals surface area contributed by atoms with Gasteiger partial charge in [-0.05, 0) is 24.3 Å². The van der Waals surface area contributed by atoms with Gasteiger partial charge in [-0.3, -0.25) is 4.79 Å². The van der Waals surface area contributed by atoms with Crippen LogP contribution in [0.25, 0.3) is 0 Å². The van der Waals surface area contributed by atoms with E-state index in [1.807, 2.05) is 6.07 Å². The molecular weight excluding hydrogens is 260 g/mol. The van der Waals surface area contributed by atoms with Gasteiger partial charge in [-0.2, -0.15) is 5.26 Å². The number of hydrogen-bond donors (Lipinski definition) is 1. The lowest BCUT2D eigenvalue weighted by molar-refractivity contribution is -0.119. The van der Waals surface area contributed by atoms with E-state index in [1.165, 1.54) is 12.3 Å². The highest BCUT2D eigenvalue weighted by atomic mass is 16.5. The molecule has 0 spiro atoms. The second-order valence-corrected chi connectivity index (χ2v) is 3.76. The van der Waals surface area contributed by atoms with E-state index in [2.05, 4.69) is 5.32 Å². The summed E-state index contributed by atoms with van der Waals surface area (Å²) in [6, 6.07) is 11.5. The molecule has 0 bridgehead atoms. The number of rotatable bonds is 4. The minimum Gasteiger partial charge on any atom is -0.457 e. The summed E-state index contributed by atoms with van der Waals surface area (Å²) in [6.45, 7) is -0.459. The first-order valence-corrected chi connectivity index (χ1v) is 5.70. The summed E-state index contributed by atoms with van der Waals surface area (Å²) in [5, 5.41) is 11.4. The molecule has 1 aromatic heterocycles. The van der Waals surface area contributed by atoms with Crippen molar-refractivity contribution in [1.29, 1.82) is 5.26 Å². The zero-order valence-electron chi connectivity index (χ0n) is 10.3. The fraction of sp³-hybridized carbons (Fsp3) is 0.0714. The Morgan fingerprint density at radius 2 is 2.05 bits per heavy atom. The minimum absolute atomic E-state index is 0.0234. The average Bonchev–Trinajstić information content (AvgIpc) is 2.99. The SMILES string of the molecule is N#Cc1ccccc1NC(=O)COC(=O)c1ccco1. The Morgan fingerprint density at radius 1 is 1.25 bits per heavy atom. The maximum Gasteiger partial charge on any atom is 0.374 e. The summed E-state index contributed by atoms with van der Waals surface area (Å²) in [7, 11) is 0. The Morgan fingerprint density at radius 3 is 2.75 bits per heavy atom. The van der Waals surface area contributed by atoms with Crippen molar-refractivity contribution in [2.45, 2.75) is 0 Å². The van der Waals surface area contributed by atoms with E-state index in [9.17, 15) is 9.59 Å². The normalized spacial score (nSPS) is 9.55. The van der Waals surface area contributed by atoms with Crippen LogP contribution in [-0.2, 0) is 9.53 Å². The first kappa shape index (κ1) is 13.4. The van der Waals surface area contributed by atoms with Gasteiger partial charge in [-0.15, -0.1) is 0 Å². The van der Waals surface area contributed by atoms with E-state index >= 15 is 0 Å². The van der Waals surface area contributed by atoms with Gasteiger partial charge >= 0.3 is 5.97 Å². The van der Waals surface area contributed by atoms with Crippen molar-refractivity contribution < 1.29 is 18.7 Å². The van der Waals surface area contributed by atoms with Crippen LogP contribution in [0, 0.1) is 11.3 Å². The monoisotopic (exact) mass is 270 g/mol. The molecule has 0 aliphatic carbocycles. The molecular formula is C14H10N2O4. The topological polar surface area (TPSA) is 92.3 Å². The molecule has 1 amide bonds. The molecule has 6 nitrogen and oxygen atoms in total. The van der Waals surface area contributed by atoms with Gasteiger partial charge in [0.25, 0.3) is 5.91 Å². The fourth-order valence-electron chi connectivity index (χ4n) is 1.47. The summed E-state index contributed by atoms with van der Waals surface area (Å²) in [4.78, 5) is 23.1. The van der Waals surface area contributed by atoms with Crippen LogP contribution in [0.1, 0.15) is 16.1 Å². The number of anilines is 1. The molecule has 1 aromatic carbocycles. The van der Waals surface area contributed by atoms with Crippen molar-refractivity contribution in [1.82, 2.24) is 0 Å². The van der Waals surface area contributed by atoms with Crippen LogP contribution in [-0.4, -0.2) is 18.5 Å². The highest BCUT2D eigenvalue weighted by molar-refractivity contribution is 5.95. The molecule has 2 aromatic rings. The summed E-state index contributed by atoms with van der Waals surface area (Å²) >= 11 is 0. The van der Waals surface area contributed by atoms with Crippen LogP contribution in [0.4, 0.5) is 5.69 Å². The van der Waals surface area contributed by atoms with Crippen LogP contribution in [0.2, 0.25) is 0 Å². The molecule has 1 heterocycles. The molecule has 0 fully saturated rings. The number of benzene rings is 1. The molecule has 0 unspecified atom stereocenters. The van der Waals surface area contributed by atoms with Crippen molar-refractivity contribution >= 4 is 17.6 Å². The Bertz CT molecular complexity index is 656. The third-order valence-corrected chi connectivity index (χ3v) is 2.38. The molecule has 20 heavy (non-hydrogen) atoms. The van der Waals surface area contributed by atoms with Crippen LogP contribution in [0.3, 0.4) is 0 Å². The maximum atomic E-state index is 11.6. The third-order valence-electron chi connectivity index (χ3n) is 2.38. The van der Waals surface area contributed by atoms with Crippen molar-refractivity contribution in [2.75, 3.05) is 11.9 Å². The van der Waals surface area contributed by atoms with Crippen molar-refractivity contribution in [2.24, 2.45) is 0 Å². The number of hydrogen-bond acceptors (Lipinski definition) is 5. The zero-order chi connectivity index (χ0) is 14.4. The maximum absolute atomic E-state index is 11.6. The van der Waals surface area contributed by atoms with Gasteiger partial charge in [0.2, 0.25) is 5.76 Å². The van der Waals surface area contributed by atoms with Crippen LogP contribution in [0.15, 0.2) is 47.1 Å². The summed E-state index contributed by atoms with van der Waals surface area (Å²) in [5.41, 5.74) is 0.701. The summed E-state index contributed by atoms with van der Waals surface area (Å²) in [6.07, 6.45) is 1.33. The number of ether oxygens (including phenoxy) is 1. The molecule has 2 rings (SSSR count). The number of nitrogens with zero attached hydrogens (tertiary/aromatic N) is 1. The van der Waals surface area contributed by atoms with Gasteiger partial charge in [-0.1, -0.05) is 12.1 Å². The number of carbonyl (C=O) groups is 2. The van der Waals surface area contributed by atoms with Gasteiger partial charge in [0, 0.05) is 0 Å². The first-order valence-electron chi connectivity index (χ1n) is 5.70. The number of furan rings is 1. The smallest absolute Gasteiger partial charge is 0.374 e. The Balaban J connectivity index is 1.90. The largest absolute Gasteiger partial charge is 0.457 e. The van der Waals surface area contributed by atoms with E-state index in [-0.39, 0.29) is 5.76 Å². The number of nitrogens with one attached hydrogen (secondary N) is 1. The molecule has 0 radical (unpaired) electrons. The second-order valence-electron chi connectivity index (χ2n) is 3.76. The average molecular weight is 270 g/mol. The predicted molar refractivity (Wildman–Crippen MR) is 68.8 cm³/mol. The molecule has 0 atom stereocenters. The Labute approximate surface area is 114 Å². The van der Waals surface area contributed by atoms with E-state index in [4.69, 9.17) is 14.4 Å². The molecule has 6 heteroatoms. The van der Waals surface area contributed by atoms with Crippen LogP contribution < -0.4 is 5.32 Å². The lowest BCUT2D eigenvalue weighted by Crippen LogP contribution is -2.21. The van der Waals surface area contributed by atoms with E-state index < -0.39 is 18.5 Å². The standard InChI is InChI=1S/C14H10N2O4/c15-8-10-4-1-2-5-11(10)16-13(17)9-20-14(18)12-6-3-7-19-12/h1-7H,9H2,(H,16,17). The molecule has 0 saturated heterocycles. The van der Waals surface area contributed by atoms with Gasteiger partial charge in [0.1, 0.15) is 6.07 Å². The lowest BCUT2D eigenvalue weighted by Gasteiger charge is -2.06. The highest BCUT2D eigenvalue weighted by Crippen LogP contribution is 2.13. The van der Waals surface area contributed by atoms with Crippen molar-refractivity contribution in [3.8, 4) is 6.07 Å². The van der Waals surface area contributed by atoms with Gasteiger partial charge in [0.05, 0.1) is 17.5 Å². The Hall–Kier alpha value is -3.07. The second kappa shape index (κ2) is 6.20. The molecule has 100 valence electrons. The molecule has 0 saturated carbocycles. The number of nitriles is 1. The first-order chi connectivity index (χ1) is 9.70. The van der Waals surface area contributed by atoms with E-state index in [0.717, 1.165) is 0 Å². The number of esters is 1. The predicted octanol–water partition coefficient (Wildman–Crippen LogP) is 1.95. The van der Waals surface area contributed by atoms with Gasteiger partial charge < -0.3 is 14.5 Å². The zero-order valence-corrected chi connectivity index (χ0v) is 10.3. The Kier molecular flexibility index (Phi) is 4.14. The highest BCUT2D eigenvalue weighted by Gasteiger charge is 2.13. The number of para-hydroxylation sites is 1. The third kappa shape index (κ3) is 3.23. The molecule has 0 aliphatic heterocycles. The quantitative estimate of drug-likeness (QED) is 0.857. The molecule has 1 N–H and O–H groups in total. The lowest BCUT2D eigenvalue weighted by atomic mass is 10.2. The number of amides is 1. The fourth-order valence-corrected chi connectivity index (χ4v) is 1.47. The van der Waals surface area contributed by atoms with Gasteiger partial charge in [0.15, 0.2) is 6.61 Å². The van der Waals surface area contributed by atoms with Crippen molar-refractivity contribution in [3.05, 3.63) is 54.0 Å². The molecule has 0 aliphatic rings. The van der Waals surface area contributed by atoms with Crippen LogP contribution in [0.5, 0.6) is 0 Å². The van der Waals surface area contributed by atoms with Crippen LogP contribution >= 0.6 is 0 Å². The van der Waals surface area contributed by atoms with E-state index in [0.29, 0.717) is 11.3 Å². The van der Waals surface area contributed by atoms with Gasteiger partial charge in [-0.25, -0.2) is 4.79 Å². The minimum atomic E-state index is -0.723. The van der Waals surface area contributed by atoms with E-state index in [1.54, 1.807) is 30.3 Å². The summed E-state index contributed by atoms with van der Waals surface area (Å²) < 4.78 is 9.60. The van der Waals surface area contributed by atoms with Crippen molar-refractivity contribution in [3.63, 3.8) is 0 Å². The number of carbonyl (C=O) groups excluding carboxylic acids is 2.